The van der Waals surface area contributed by atoms with Gasteiger partial charge < -0.3 is 9.47 Å². The van der Waals surface area contributed by atoms with E-state index in [9.17, 15) is 4.79 Å². The van der Waals surface area contributed by atoms with Crippen LogP contribution in [0.3, 0.4) is 0 Å². The molecule has 29 heavy (non-hydrogen) atoms. The predicted octanol–water partition coefficient (Wildman–Crippen LogP) is 6.10. The van der Waals surface area contributed by atoms with E-state index in [1.54, 1.807) is 36.4 Å². The molecule has 4 heteroatoms. The minimum atomic E-state index is -0.389. The number of rotatable bonds is 9. The van der Waals surface area contributed by atoms with Crippen molar-refractivity contribution in [3.05, 3.63) is 78.0 Å². The van der Waals surface area contributed by atoms with Gasteiger partial charge in [-0.25, -0.2) is 4.79 Å². The van der Waals surface area contributed by atoms with Crippen molar-refractivity contribution < 1.29 is 14.3 Å². The molecule has 150 valence electrons. The summed E-state index contributed by atoms with van der Waals surface area (Å²) >= 11 is 0. The third-order valence-corrected chi connectivity index (χ3v) is 4.66. The lowest BCUT2D eigenvalue weighted by Crippen LogP contribution is -2.08. The van der Waals surface area contributed by atoms with Crippen molar-refractivity contribution in [2.75, 3.05) is 6.61 Å². The molecule has 2 aromatic carbocycles. The molecule has 0 aliphatic carbocycles. The summed E-state index contributed by atoms with van der Waals surface area (Å²) in [5, 5.41) is 0. The molecule has 0 aliphatic heterocycles. The number of nitrogens with zero attached hydrogens (tertiary/aromatic N) is 1. The zero-order chi connectivity index (χ0) is 20.5. The molecule has 0 aliphatic rings. The molecule has 0 radical (unpaired) electrons. The number of carbonyl (C=O) groups excluding carboxylic acids is 1. The molecule has 0 amide bonds. The van der Waals surface area contributed by atoms with Crippen molar-refractivity contribution in [1.82, 2.24) is 4.98 Å². The van der Waals surface area contributed by atoms with E-state index in [0.717, 1.165) is 23.4 Å². The van der Waals surface area contributed by atoms with Gasteiger partial charge in [-0.05, 0) is 67.8 Å². The Morgan fingerprint density at radius 1 is 0.862 bits per heavy atom. The quantitative estimate of drug-likeness (QED) is 0.252. The third kappa shape index (κ3) is 5.92. The van der Waals surface area contributed by atoms with Crippen molar-refractivity contribution in [2.45, 2.75) is 39.5 Å². The van der Waals surface area contributed by atoms with Gasteiger partial charge in [-0.15, -0.1) is 0 Å². The van der Waals surface area contributed by atoms with Gasteiger partial charge in [0, 0.05) is 11.8 Å². The Kier molecular flexibility index (Phi) is 7.40. The minimum Gasteiger partial charge on any atom is -0.494 e. The second-order valence-corrected chi connectivity index (χ2v) is 6.88. The Bertz CT molecular complexity index is 900. The highest BCUT2D eigenvalue weighted by Gasteiger charge is 2.09. The number of benzene rings is 2. The van der Waals surface area contributed by atoms with Gasteiger partial charge in [-0.2, -0.15) is 0 Å². The first-order chi connectivity index (χ1) is 14.2. The van der Waals surface area contributed by atoms with E-state index in [2.05, 4.69) is 18.0 Å². The monoisotopic (exact) mass is 389 g/mol. The Morgan fingerprint density at radius 3 is 2.21 bits per heavy atom. The molecule has 3 aromatic rings. The van der Waals surface area contributed by atoms with Gasteiger partial charge in [0.2, 0.25) is 0 Å². The van der Waals surface area contributed by atoms with Gasteiger partial charge in [0.1, 0.15) is 11.5 Å². The lowest BCUT2D eigenvalue weighted by molar-refractivity contribution is 0.0734. The van der Waals surface area contributed by atoms with Crippen LogP contribution in [0.25, 0.3) is 11.3 Å². The number of carbonyl (C=O) groups is 1. The summed E-state index contributed by atoms with van der Waals surface area (Å²) in [5.74, 6) is 0.850. The molecule has 0 saturated heterocycles. The van der Waals surface area contributed by atoms with Crippen LogP contribution in [0.5, 0.6) is 11.5 Å². The largest absolute Gasteiger partial charge is 0.494 e. The normalized spacial score (nSPS) is 10.6. The summed E-state index contributed by atoms with van der Waals surface area (Å²) < 4.78 is 10.8. The average Bonchev–Trinajstić information content (AvgIpc) is 2.76. The Morgan fingerprint density at radius 2 is 1.59 bits per heavy atom. The molecule has 0 unspecified atom stereocenters. The standard InChI is InChI=1S/C25H27NO3/c1-3-5-6-7-19-8-17-24(26-18-19)20-9-11-21(12-10-20)25(27)29-23-15-13-22(14-16-23)28-4-2/h8-18H,3-7H2,1-2H3. The van der Waals surface area contributed by atoms with Crippen molar-refractivity contribution in [1.29, 1.82) is 0 Å². The van der Waals surface area contributed by atoms with E-state index in [4.69, 9.17) is 9.47 Å². The van der Waals surface area contributed by atoms with Crippen molar-refractivity contribution in [2.24, 2.45) is 0 Å². The fourth-order valence-electron chi connectivity index (χ4n) is 3.04. The number of hydrogen-bond acceptors (Lipinski definition) is 4. The molecule has 3 rings (SSSR count). The number of hydrogen-bond donors (Lipinski definition) is 0. The fourth-order valence-corrected chi connectivity index (χ4v) is 3.04. The molecular formula is C25H27NO3. The molecular weight excluding hydrogens is 362 g/mol. The highest BCUT2D eigenvalue weighted by molar-refractivity contribution is 5.91. The van der Waals surface area contributed by atoms with Gasteiger partial charge in [0.25, 0.3) is 0 Å². The summed E-state index contributed by atoms with van der Waals surface area (Å²) in [5.41, 5.74) is 3.63. The maximum absolute atomic E-state index is 12.4. The number of aryl methyl sites for hydroxylation is 1. The van der Waals surface area contributed by atoms with E-state index >= 15 is 0 Å². The number of unbranched alkanes of at least 4 members (excludes halogenated alkanes) is 2. The molecule has 0 atom stereocenters. The number of aromatic nitrogens is 1. The molecule has 1 aromatic heterocycles. The van der Waals surface area contributed by atoms with Crippen LogP contribution in [0.1, 0.15) is 49.0 Å². The van der Waals surface area contributed by atoms with Crippen molar-refractivity contribution in [3.8, 4) is 22.8 Å². The third-order valence-electron chi connectivity index (χ3n) is 4.66. The lowest BCUT2D eigenvalue weighted by atomic mass is 10.1. The van der Waals surface area contributed by atoms with Crippen LogP contribution in [-0.4, -0.2) is 17.6 Å². The number of esters is 1. The molecule has 0 fully saturated rings. The first-order valence-electron chi connectivity index (χ1n) is 10.2. The smallest absolute Gasteiger partial charge is 0.343 e. The maximum Gasteiger partial charge on any atom is 0.343 e. The first kappa shape index (κ1) is 20.6. The van der Waals surface area contributed by atoms with Gasteiger partial charge in [0.05, 0.1) is 17.9 Å². The fraction of sp³-hybridized carbons (Fsp3) is 0.280. The second-order valence-electron chi connectivity index (χ2n) is 6.88. The van der Waals surface area contributed by atoms with Crippen LogP contribution in [0.2, 0.25) is 0 Å². The van der Waals surface area contributed by atoms with E-state index < -0.39 is 0 Å². The van der Waals surface area contributed by atoms with Crippen LogP contribution in [0.15, 0.2) is 66.9 Å². The zero-order valence-electron chi connectivity index (χ0n) is 17.1. The van der Waals surface area contributed by atoms with E-state index in [1.807, 2.05) is 31.3 Å². The van der Waals surface area contributed by atoms with Crippen LogP contribution in [-0.2, 0) is 6.42 Å². The molecule has 0 N–H and O–H groups in total. The van der Waals surface area contributed by atoms with Crippen molar-refractivity contribution >= 4 is 5.97 Å². The van der Waals surface area contributed by atoms with Crippen LogP contribution >= 0.6 is 0 Å². The number of pyridine rings is 1. The highest BCUT2D eigenvalue weighted by Crippen LogP contribution is 2.21. The molecule has 0 saturated carbocycles. The summed E-state index contributed by atoms with van der Waals surface area (Å²) in [6, 6.07) is 18.5. The molecule has 1 heterocycles. The lowest BCUT2D eigenvalue weighted by Gasteiger charge is -2.07. The molecule has 0 spiro atoms. The molecule has 4 nitrogen and oxygen atoms in total. The van der Waals surface area contributed by atoms with Gasteiger partial charge >= 0.3 is 5.97 Å². The maximum atomic E-state index is 12.4. The van der Waals surface area contributed by atoms with Crippen LogP contribution < -0.4 is 9.47 Å². The second kappa shape index (κ2) is 10.4. The van der Waals surface area contributed by atoms with Gasteiger partial charge in [0.15, 0.2) is 0 Å². The summed E-state index contributed by atoms with van der Waals surface area (Å²) in [7, 11) is 0. The van der Waals surface area contributed by atoms with E-state index in [-0.39, 0.29) is 5.97 Å². The van der Waals surface area contributed by atoms with E-state index in [1.165, 1.54) is 24.8 Å². The zero-order valence-corrected chi connectivity index (χ0v) is 17.1. The predicted molar refractivity (Wildman–Crippen MR) is 115 cm³/mol. The van der Waals surface area contributed by atoms with Gasteiger partial charge in [-0.3, -0.25) is 4.98 Å². The topological polar surface area (TPSA) is 48.4 Å². The average molecular weight is 389 g/mol. The Labute approximate surface area is 172 Å². The van der Waals surface area contributed by atoms with Crippen LogP contribution in [0, 0.1) is 0 Å². The van der Waals surface area contributed by atoms with Crippen molar-refractivity contribution in [3.63, 3.8) is 0 Å². The number of ether oxygens (including phenoxy) is 2. The molecule has 0 bridgehead atoms. The Balaban J connectivity index is 1.61. The SMILES string of the molecule is CCCCCc1ccc(-c2ccc(C(=O)Oc3ccc(OCC)cc3)cc2)nc1. The summed E-state index contributed by atoms with van der Waals surface area (Å²) in [6.07, 6.45) is 6.67. The van der Waals surface area contributed by atoms with Gasteiger partial charge in [-0.1, -0.05) is 38.0 Å². The highest BCUT2D eigenvalue weighted by atomic mass is 16.5. The van der Waals surface area contributed by atoms with Crippen LogP contribution in [0.4, 0.5) is 0 Å². The summed E-state index contributed by atoms with van der Waals surface area (Å²) in [6.45, 7) is 4.73. The van der Waals surface area contributed by atoms with E-state index in [0.29, 0.717) is 17.9 Å². The summed E-state index contributed by atoms with van der Waals surface area (Å²) in [4.78, 5) is 16.9. The first-order valence-corrected chi connectivity index (χ1v) is 10.2. The Hall–Kier alpha value is -3.14. The minimum absolute atomic E-state index is 0.389.